The van der Waals surface area contributed by atoms with Gasteiger partial charge in [0.05, 0.1) is 5.60 Å². The van der Waals surface area contributed by atoms with Gasteiger partial charge in [0.15, 0.2) is 5.69 Å². The third kappa shape index (κ3) is 5.60. The van der Waals surface area contributed by atoms with Gasteiger partial charge in [0.1, 0.15) is 5.82 Å². The van der Waals surface area contributed by atoms with Crippen molar-refractivity contribution in [3.05, 3.63) is 11.8 Å². The Hall–Kier alpha value is -1.57. The molecule has 0 amide bonds. The summed E-state index contributed by atoms with van der Waals surface area (Å²) in [5.74, 6) is -0.0621. The molecule has 0 saturated carbocycles. The van der Waals surface area contributed by atoms with Crippen molar-refractivity contribution < 1.29 is 18.3 Å². The summed E-state index contributed by atoms with van der Waals surface area (Å²) in [6.45, 7) is 5.53. The summed E-state index contributed by atoms with van der Waals surface area (Å²) in [5, 5.41) is 15.0. The average Bonchev–Trinajstić information content (AvgIpc) is 2.32. The van der Waals surface area contributed by atoms with Gasteiger partial charge in [-0.2, -0.15) is 18.2 Å². The maximum absolute atomic E-state index is 12.7. The Morgan fingerprint density at radius 1 is 1.20 bits per heavy atom. The SMILES string of the molecule is CCCNc1nc(NCC(C)(C)O)cc(C(F)(F)F)n1. The highest BCUT2D eigenvalue weighted by Gasteiger charge is 2.33. The molecule has 3 N–H and O–H groups in total. The molecule has 0 radical (unpaired) electrons. The quantitative estimate of drug-likeness (QED) is 0.751. The predicted molar refractivity (Wildman–Crippen MR) is 70.6 cm³/mol. The lowest BCUT2D eigenvalue weighted by Gasteiger charge is -2.19. The van der Waals surface area contributed by atoms with Gasteiger partial charge in [-0.3, -0.25) is 0 Å². The summed E-state index contributed by atoms with van der Waals surface area (Å²) >= 11 is 0. The maximum Gasteiger partial charge on any atom is 0.433 e. The van der Waals surface area contributed by atoms with Crippen molar-refractivity contribution in [2.24, 2.45) is 0 Å². The van der Waals surface area contributed by atoms with E-state index < -0.39 is 17.5 Å². The molecule has 0 aromatic carbocycles. The van der Waals surface area contributed by atoms with E-state index in [1.165, 1.54) is 0 Å². The smallest absolute Gasteiger partial charge is 0.389 e. The van der Waals surface area contributed by atoms with Crippen molar-refractivity contribution >= 4 is 11.8 Å². The molecule has 20 heavy (non-hydrogen) atoms. The minimum absolute atomic E-state index is 0.0213. The molecular formula is C12H19F3N4O. The van der Waals surface area contributed by atoms with Gasteiger partial charge in [-0.15, -0.1) is 0 Å². The fourth-order valence-electron chi connectivity index (χ4n) is 1.31. The Morgan fingerprint density at radius 3 is 2.35 bits per heavy atom. The van der Waals surface area contributed by atoms with E-state index in [1.54, 1.807) is 13.8 Å². The topological polar surface area (TPSA) is 70.1 Å². The Morgan fingerprint density at radius 2 is 1.85 bits per heavy atom. The molecule has 1 aromatic rings. The van der Waals surface area contributed by atoms with Crippen molar-refractivity contribution in [3.8, 4) is 0 Å². The summed E-state index contributed by atoms with van der Waals surface area (Å²) in [7, 11) is 0. The Kier molecular flexibility index (Phi) is 5.15. The van der Waals surface area contributed by atoms with Crippen LogP contribution in [-0.2, 0) is 6.18 Å². The number of aromatic nitrogens is 2. The number of nitrogens with one attached hydrogen (secondary N) is 2. The van der Waals surface area contributed by atoms with Crippen LogP contribution in [0, 0.1) is 0 Å². The lowest BCUT2D eigenvalue weighted by molar-refractivity contribution is -0.141. The summed E-state index contributed by atoms with van der Waals surface area (Å²) < 4.78 is 38.2. The van der Waals surface area contributed by atoms with Crippen LogP contribution in [0.3, 0.4) is 0 Å². The van der Waals surface area contributed by atoms with Crippen molar-refractivity contribution in [2.45, 2.75) is 39.0 Å². The molecule has 1 rings (SSSR count). The molecule has 1 heterocycles. The molecule has 8 heteroatoms. The van der Waals surface area contributed by atoms with Crippen LogP contribution in [-0.4, -0.2) is 33.8 Å². The Labute approximate surface area is 115 Å². The second-order valence-corrected chi connectivity index (χ2v) is 5.05. The normalized spacial score (nSPS) is 12.3. The van der Waals surface area contributed by atoms with Crippen molar-refractivity contribution in [1.29, 1.82) is 0 Å². The standard InChI is InChI=1S/C12H19F3N4O/c1-4-5-16-10-18-8(12(13,14)15)6-9(19-10)17-7-11(2,3)20/h6,20H,4-5,7H2,1-3H3,(H2,16,17,18,19). The first-order valence-electron chi connectivity index (χ1n) is 6.28. The first-order valence-corrected chi connectivity index (χ1v) is 6.28. The highest BCUT2D eigenvalue weighted by Crippen LogP contribution is 2.29. The Bertz CT molecular complexity index is 443. The largest absolute Gasteiger partial charge is 0.433 e. The highest BCUT2D eigenvalue weighted by atomic mass is 19.4. The van der Waals surface area contributed by atoms with E-state index in [-0.39, 0.29) is 18.3 Å². The number of anilines is 2. The first kappa shape index (κ1) is 16.5. The third-order valence-corrected chi connectivity index (χ3v) is 2.25. The summed E-state index contributed by atoms with van der Waals surface area (Å²) in [6.07, 6.45) is -3.80. The van der Waals surface area contributed by atoms with E-state index in [2.05, 4.69) is 20.6 Å². The van der Waals surface area contributed by atoms with Crippen LogP contribution in [0.2, 0.25) is 0 Å². The van der Waals surface area contributed by atoms with Crippen molar-refractivity contribution in [3.63, 3.8) is 0 Å². The second kappa shape index (κ2) is 6.25. The molecular weight excluding hydrogens is 273 g/mol. The number of halogens is 3. The second-order valence-electron chi connectivity index (χ2n) is 5.05. The fourth-order valence-corrected chi connectivity index (χ4v) is 1.31. The molecule has 0 bridgehead atoms. The van der Waals surface area contributed by atoms with Gasteiger partial charge >= 0.3 is 6.18 Å². The predicted octanol–water partition coefficient (Wildman–Crippen LogP) is 2.50. The lowest BCUT2D eigenvalue weighted by Crippen LogP contribution is -2.30. The lowest BCUT2D eigenvalue weighted by atomic mass is 10.1. The molecule has 0 unspecified atom stereocenters. The van der Waals surface area contributed by atoms with Gasteiger partial charge in [-0.25, -0.2) is 4.98 Å². The van der Waals surface area contributed by atoms with Crippen LogP contribution in [0.1, 0.15) is 32.9 Å². The van der Waals surface area contributed by atoms with E-state index >= 15 is 0 Å². The number of hydrogen-bond acceptors (Lipinski definition) is 5. The molecule has 0 aliphatic heterocycles. The Balaban J connectivity index is 2.97. The molecule has 1 aromatic heterocycles. The van der Waals surface area contributed by atoms with Crippen LogP contribution in [0.5, 0.6) is 0 Å². The zero-order valence-electron chi connectivity index (χ0n) is 11.7. The molecule has 0 aliphatic rings. The van der Waals surface area contributed by atoms with Crippen LogP contribution in [0.15, 0.2) is 6.07 Å². The molecule has 5 nitrogen and oxygen atoms in total. The van der Waals surface area contributed by atoms with E-state index in [4.69, 9.17) is 0 Å². The van der Waals surface area contributed by atoms with E-state index in [1.807, 2.05) is 6.92 Å². The number of hydrogen-bond donors (Lipinski definition) is 3. The molecule has 0 atom stereocenters. The van der Waals surface area contributed by atoms with Gasteiger partial charge in [-0.1, -0.05) is 6.92 Å². The van der Waals surface area contributed by atoms with Gasteiger partial charge < -0.3 is 15.7 Å². The average molecular weight is 292 g/mol. The van der Waals surface area contributed by atoms with Crippen molar-refractivity contribution in [2.75, 3.05) is 23.7 Å². The van der Waals surface area contributed by atoms with E-state index in [0.717, 1.165) is 12.5 Å². The number of rotatable bonds is 6. The van der Waals surface area contributed by atoms with Gasteiger partial charge in [0.25, 0.3) is 0 Å². The van der Waals surface area contributed by atoms with Crippen LogP contribution in [0.25, 0.3) is 0 Å². The molecule has 114 valence electrons. The van der Waals surface area contributed by atoms with Gasteiger partial charge in [0.2, 0.25) is 5.95 Å². The monoisotopic (exact) mass is 292 g/mol. The minimum Gasteiger partial charge on any atom is -0.389 e. The number of alkyl halides is 3. The summed E-state index contributed by atoms with van der Waals surface area (Å²) in [5.41, 5.74) is -2.08. The fraction of sp³-hybridized carbons (Fsp3) is 0.667. The number of aliphatic hydroxyl groups is 1. The van der Waals surface area contributed by atoms with Crippen LogP contribution in [0.4, 0.5) is 24.9 Å². The van der Waals surface area contributed by atoms with E-state index in [9.17, 15) is 18.3 Å². The molecule has 0 fully saturated rings. The third-order valence-electron chi connectivity index (χ3n) is 2.25. The zero-order valence-corrected chi connectivity index (χ0v) is 11.7. The molecule has 0 spiro atoms. The first-order chi connectivity index (χ1) is 9.12. The minimum atomic E-state index is -4.54. The van der Waals surface area contributed by atoms with Crippen molar-refractivity contribution in [1.82, 2.24) is 9.97 Å². The van der Waals surface area contributed by atoms with Gasteiger partial charge in [-0.05, 0) is 20.3 Å². The van der Waals surface area contributed by atoms with Gasteiger partial charge in [0, 0.05) is 19.2 Å². The molecule has 0 aliphatic carbocycles. The summed E-state index contributed by atoms with van der Waals surface area (Å²) in [4.78, 5) is 7.38. The maximum atomic E-state index is 12.7. The van der Waals surface area contributed by atoms with E-state index in [0.29, 0.717) is 6.54 Å². The number of nitrogens with zero attached hydrogens (tertiary/aromatic N) is 2. The molecule has 0 saturated heterocycles. The summed E-state index contributed by atoms with van der Waals surface area (Å²) in [6, 6.07) is 0.822. The zero-order chi connectivity index (χ0) is 15.4. The highest BCUT2D eigenvalue weighted by molar-refractivity contribution is 5.43. The van der Waals surface area contributed by atoms with Crippen LogP contribution >= 0.6 is 0 Å². The van der Waals surface area contributed by atoms with Crippen LogP contribution < -0.4 is 10.6 Å².